The van der Waals surface area contributed by atoms with Gasteiger partial charge in [-0.25, -0.2) is 18.4 Å². The quantitative estimate of drug-likeness (QED) is 0.227. The van der Waals surface area contributed by atoms with Crippen LogP contribution in [-0.2, 0) is 17.8 Å². The molecule has 0 bridgehead atoms. The maximum absolute atomic E-state index is 13.8. The number of unbranched alkanes of at least 4 members (excludes halogenated alkanes) is 1. The molecular formula is C31H39F2N3O4. The molecule has 0 radical (unpaired) electrons. The number of alkyl halides is 2. The zero-order valence-electron chi connectivity index (χ0n) is 23.5. The third-order valence-electron chi connectivity index (χ3n) is 7.68. The SMILES string of the molecule is CCCn1ccc2c(C(C)N(CCCCc3ccccc3)C(=O)NC3(C(=O)O)CC(F)(F)C3)cc(OCC)cc21. The Hall–Kier alpha value is -3.62. The number of halogens is 2. The van der Waals surface area contributed by atoms with Crippen LogP contribution < -0.4 is 10.1 Å². The second-order valence-electron chi connectivity index (χ2n) is 10.7. The fourth-order valence-corrected chi connectivity index (χ4v) is 5.62. The minimum atomic E-state index is -3.11. The van der Waals surface area contributed by atoms with Crippen LogP contribution in [0.15, 0.2) is 54.7 Å². The molecule has 1 aliphatic carbocycles. The highest BCUT2D eigenvalue weighted by Crippen LogP contribution is 2.46. The van der Waals surface area contributed by atoms with Gasteiger partial charge in [-0.15, -0.1) is 0 Å². The fraction of sp³-hybridized carbons (Fsp3) is 0.484. The molecular weight excluding hydrogens is 516 g/mol. The number of hydrogen-bond donors (Lipinski definition) is 2. The number of carboxylic acid groups (broad SMARTS) is 1. The van der Waals surface area contributed by atoms with E-state index in [9.17, 15) is 23.5 Å². The summed E-state index contributed by atoms with van der Waals surface area (Å²) in [5.41, 5.74) is 1.06. The summed E-state index contributed by atoms with van der Waals surface area (Å²) in [6.45, 7) is 7.54. The minimum absolute atomic E-state index is 0.335. The van der Waals surface area contributed by atoms with Crippen molar-refractivity contribution in [3.63, 3.8) is 0 Å². The summed E-state index contributed by atoms with van der Waals surface area (Å²) in [7, 11) is 0. The number of rotatable bonds is 13. The van der Waals surface area contributed by atoms with Crippen LogP contribution in [0.25, 0.3) is 10.9 Å². The molecule has 2 N–H and O–H groups in total. The van der Waals surface area contributed by atoms with Crippen molar-refractivity contribution in [2.75, 3.05) is 13.2 Å². The van der Waals surface area contributed by atoms with Crippen molar-refractivity contribution in [2.45, 2.75) is 83.3 Å². The standard InChI is InChI=1S/C31H39F2N3O4/c1-4-15-35-17-14-25-26(18-24(40-5-2)19-27(25)35)22(3)36(16-10-9-13-23-11-7-6-8-12-23)29(39)34-30(28(37)38)20-31(32,33)21-30/h6-8,11-12,14,17-19,22H,4-5,9-10,13,15-16,20-21H2,1-3H3,(H,34,39)(H,37,38). The summed E-state index contributed by atoms with van der Waals surface area (Å²) < 4.78 is 35.6. The lowest BCUT2D eigenvalue weighted by Crippen LogP contribution is -2.68. The van der Waals surface area contributed by atoms with Gasteiger partial charge in [0.25, 0.3) is 5.92 Å². The molecule has 2 aromatic carbocycles. The summed E-state index contributed by atoms with van der Waals surface area (Å²) >= 11 is 0. The fourth-order valence-electron chi connectivity index (χ4n) is 5.62. The number of aromatic nitrogens is 1. The lowest BCUT2D eigenvalue weighted by molar-refractivity contribution is -0.175. The summed E-state index contributed by atoms with van der Waals surface area (Å²) in [6.07, 6.45) is 3.44. The van der Waals surface area contributed by atoms with Gasteiger partial charge in [0, 0.05) is 43.6 Å². The number of aliphatic carboxylic acids is 1. The molecule has 1 saturated carbocycles. The predicted molar refractivity (Wildman–Crippen MR) is 151 cm³/mol. The molecule has 1 fully saturated rings. The molecule has 1 aliphatic rings. The number of nitrogens with one attached hydrogen (secondary N) is 1. The average molecular weight is 556 g/mol. The third kappa shape index (κ3) is 6.40. The van der Waals surface area contributed by atoms with Gasteiger partial charge in [0.1, 0.15) is 5.75 Å². The molecule has 1 atom stereocenters. The van der Waals surface area contributed by atoms with Gasteiger partial charge in [0.2, 0.25) is 0 Å². The Labute approximate surface area is 234 Å². The topological polar surface area (TPSA) is 83.8 Å². The molecule has 216 valence electrons. The average Bonchev–Trinajstić information content (AvgIpc) is 3.30. The van der Waals surface area contributed by atoms with Gasteiger partial charge in [-0.3, -0.25) is 0 Å². The van der Waals surface area contributed by atoms with E-state index in [0.717, 1.165) is 42.3 Å². The minimum Gasteiger partial charge on any atom is -0.494 e. The van der Waals surface area contributed by atoms with E-state index in [1.807, 2.05) is 56.4 Å². The normalized spacial score (nSPS) is 16.2. The van der Waals surface area contributed by atoms with Gasteiger partial charge in [0.05, 0.1) is 18.2 Å². The first kappa shape index (κ1) is 29.4. The largest absolute Gasteiger partial charge is 0.494 e. The van der Waals surface area contributed by atoms with Crippen LogP contribution in [0.4, 0.5) is 13.6 Å². The van der Waals surface area contributed by atoms with E-state index in [4.69, 9.17) is 4.74 Å². The first-order valence-corrected chi connectivity index (χ1v) is 14.1. The van der Waals surface area contributed by atoms with Crippen LogP contribution >= 0.6 is 0 Å². The summed E-state index contributed by atoms with van der Waals surface area (Å²) in [5.74, 6) is -3.88. The highest BCUT2D eigenvalue weighted by atomic mass is 19.3. The first-order chi connectivity index (χ1) is 19.1. The number of nitrogens with zero attached hydrogens (tertiary/aromatic N) is 2. The maximum atomic E-state index is 13.8. The predicted octanol–water partition coefficient (Wildman–Crippen LogP) is 6.80. The van der Waals surface area contributed by atoms with Crippen LogP contribution in [0.3, 0.4) is 0 Å². The number of carbonyl (C=O) groups excluding carboxylic acids is 1. The van der Waals surface area contributed by atoms with Crippen LogP contribution in [-0.4, -0.2) is 51.2 Å². The second-order valence-corrected chi connectivity index (χ2v) is 10.7. The van der Waals surface area contributed by atoms with E-state index < -0.39 is 42.3 Å². The molecule has 7 nitrogen and oxygen atoms in total. The Morgan fingerprint density at radius 2 is 1.85 bits per heavy atom. The number of urea groups is 1. The lowest BCUT2D eigenvalue weighted by atomic mass is 9.73. The molecule has 0 saturated heterocycles. The Balaban J connectivity index is 1.63. The van der Waals surface area contributed by atoms with E-state index in [1.54, 1.807) is 4.90 Å². The summed E-state index contributed by atoms with van der Waals surface area (Å²) in [5, 5.41) is 13.2. The Bertz CT molecular complexity index is 1320. The van der Waals surface area contributed by atoms with Gasteiger partial charge < -0.3 is 24.6 Å². The second kappa shape index (κ2) is 12.3. The van der Waals surface area contributed by atoms with Crippen LogP contribution in [0.5, 0.6) is 5.75 Å². The van der Waals surface area contributed by atoms with E-state index in [2.05, 4.69) is 28.9 Å². The van der Waals surface area contributed by atoms with Gasteiger partial charge in [-0.2, -0.15) is 0 Å². The van der Waals surface area contributed by atoms with E-state index in [0.29, 0.717) is 25.3 Å². The number of carboxylic acids is 1. The van der Waals surface area contributed by atoms with E-state index in [-0.39, 0.29) is 0 Å². The summed E-state index contributed by atoms with van der Waals surface area (Å²) in [6, 6.07) is 14.8. The van der Waals surface area contributed by atoms with Crippen molar-refractivity contribution >= 4 is 22.9 Å². The summed E-state index contributed by atoms with van der Waals surface area (Å²) in [4.78, 5) is 27.2. The van der Waals surface area contributed by atoms with Crippen LogP contribution in [0, 0.1) is 0 Å². The number of aryl methyl sites for hydroxylation is 2. The molecule has 3 aromatic rings. The Morgan fingerprint density at radius 3 is 2.48 bits per heavy atom. The molecule has 1 aromatic heterocycles. The van der Waals surface area contributed by atoms with E-state index in [1.165, 1.54) is 5.56 Å². The van der Waals surface area contributed by atoms with Crippen molar-refractivity contribution in [1.82, 2.24) is 14.8 Å². The number of amides is 2. The number of benzene rings is 2. The zero-order valence-corrected chi connectivity index (χ0v) is 23.5. The zero-order chi connectivity index (χ0) is 28.9. The third-order valence-corrected chi connectivity index (χ3v) is 7.68. The van der Waals surface area contributed by atoms with E-state index >= 15 is 0 Å². The van der Waals surface area contributed by atoms with Crippen LogP contribution in [0.1, 0.15) is 70.0 Å². The van der Waals surface area contributed by atoms with Gasteiger partial charge in [-0.1, -0.05) is 37.3 Å². The van der Waals surface area contributed by atoms with Gasteiger partial charge in [-0.05, 0) is 62.8 Å². The van der Waals surface area contributed by atoms with Crippen molar-refractivity contribution in [3.05, 3.63) is 65.9 Å². The van der Waals surface area contributed by atoms with Crippen molar-refractivity contribution in [2.24, 2.45) is 0 Å². The molecule has 4 rings (SSSR count). The van der Waals surface area contributed by atoms with Crippen molar-refractivity contribution < 1.29 is 28.2 Å². The highest BCUT2D eigenvalue weighted by molar-refractivity contribution is 5.89. The molecule has 1 heterocycles. The Morgan fingerprint density at radius 1 is 1.12 bits per heavy atom. The molecule has 40 heavy (non-hydrogen) atoms. The first-order valence-electron chi connectivity index (χ1n) is 14.1. The molecule has 1 unspecified atom stereocenters. The molecule has 9 heteroatoms. The number of fused-ring (bicyclic) bond motifs is 1. The lowest BCUT2D eigenvalue weighted by Gasteiger charge is -2.45. The molecule has 0 aliphatic heterocycles. The van der Waals surface area contributed by atoms with Crippen molar-refractivity contribution in [1.29, 1.82) is 0 Å². The van der Waals surface area contributed by atoms with Crippen LogP contribution in [0.2, 0.25) is 0 Å². The monoisotopic (exact) mass is 555 g/mol. The number of hydrogen-bond acceptors (Lipinski definition) is 3. The maximum Gasteiger partial charge on any atom is 0.329 e. The molecule has 0 spiro atoms. The smallest absolute Gasteiger partial charge is 0.329 e. The van der Waals surface area contributed by atoms with Gasteiger partial charge >= 0.3 is 12.0 Å². The Kier molecular flexibility index (Phi) is 9.01. The highest BCUT2D eigenvalue weighted by Gasteiger charge is 2.62. The number of carbonyl (C=O) groups is 2. The molecule has 2 amide bonds. The van der Waals surface area contributed by atoms with Crippen molar-refractivity contribution in [3.8, 4) is 5.75 Å². The number of ether oxygens (including phenoxy) is 1. The van der Waals surface area contributed by atoms with Gasteiger partial charge in [0.15, 0.2) is 5.54 Å².